The summed E-state index contributed by atoms with van der Waals surface area (Å²) in [4.78, 5) is 18.4. The lowest BCUT2D eigenvalue weighted by Gasteiger charge is -2.27. The van der Waals surface area contributed by atoms with E-state index in [1.54, 1.807) is 6.33 Å². The van der Waals surface area contributed by atoms with E-state index in [1.807, 2.05) is 14.0 Å². The second-order valence-electron chi connectivity index (χ2n) is 5.92. The van der Waals surface area contributed by atoms with Crippen LogP contribution in [0.2, 0.25) is 0 Å². The number of imidazole rings is 1. The lowest BCUT2D eigenvalue weighted by Crippen LogP contribution is -2.30. The molecule has 2 N–H and O–H groups in total. The van der Waals surface area contributed by atoms with E-state index in [2.05, 4.69) is 50.9 Å². The van der Waals surface area contributed by atoms with E-state index in [1.165, 1.54) is 0 Å². The highest BCUT2D eigenvalue weighted by molar-refractivity contribution is 5.84. The zero-order valence-electron chi connectivity index (χ0n) is 12.3. The number of aromatic amines is 1. The SMILES string of the molecule is CCNc1nc(N(C)CC(C)(C)C)c2[nH]cnc2n1. The predicted octanol–water partition coefficient (Wildman–Crippen LogP) is 2.27. The Labute approximate surface area is 113 Å². The van der Waals surface area contributed by atoms with Gasteiger partial charge in [-0.1, -0.05) is 20.8 Å². The number of nitrogens with zero attached hydrogens (tertiary/aromatic N) is 4. The van der Waals surface area contributed by atoms with Crippen molar-refractivity contribution in [1.82, 2.24) is 19.9 Å². The Morgan fingerprint density at radius 2 is 2.05 bits per heavy atom. The highest BCUT2D eigenvalue weighted by atomic mass is 15.2. The van der Waals surface area contributed by atoms with E-state index in [0.29, 0.717) is 11.6 Å². The van der Waals surface area contributed by atoms with Gasteiger partial charge in [-0.3, -0.25) is 0 Å². The highest BCUT2D eigenvalue weighted by Gasteiger charge is 2.18. The fourth-order valence-electron chi connectivity index (χ4n) is 2.12. The zero-order chi connectivity index (χ0) is 14.0. The monoisotopic (exact) mass is 262 g/mol. The van der Waals surface area contributed by atoms with Gasteiger partial charge in [0.2, 0.25) is 5.95 Å². The molecule has 0 aromatic carbocycles. The molecule has 19 heavy (non-hydrogen) atoms. The Bertz CT molecular complexity index is 554. The van der Waals surface area contributed by atoms with Crippen molar-refractivity contribution in [3.8, 4) is 0 Å². The molecule has 6 nitrogen and oxygen atoms in total. The largest absolute Gasteiger partial charge is 0.357 e. The topological polar surface area (TPSA) is 69.7 Å². The number of aromatic nitrogens is 4. The molecule has 0 bridgehead atoms. The van der Waals surface area contributed by atoms with Crippen LogP contribution in [0, 0.1) is 5.41 Å². The summed E-state index contributed by atoms with van der Waals surface area (Å²) in [7, 11) is 2.05. The van der Waals surface area contributed by atoms with Crippen molar-refractivity contribution in [2.45, 2.75) is 27.7 Å². The van der Waals surface area contributed by atoms with E-state index >= 15 is 0 Å². The lowest BCUT2D eigenvalue weighted by molar-refractivity contribution is 0.418. The van der Waals surface area contributed by atoms with Gasteiger partial charge in [-0.2, -0.15) is 9.97 Å². The molecule has 0 radical (unpaired) electrons. The molecule has 0 spiro atoms. The van der Waals surface area contributed by atoms with Crippen molar-refractivity contribution >= 4 is 22.9 Å². The molecule has 0 atom stereocenters. The average Bonchev–Trinajstić information content (AvgIpc) is 2.73. The Hall–Kier alpha value is -1.85. The van der Waals surface area contributed by atoms with E-state index in [0.717, 1.165) is 24.4 Å². The summed E-state index contributed by atoms with van der Waals surface area (Å²) in [6, 6.07) is 0. The Balaban J connectivity index is 2.42. The number of hydrogen-bond donors (Lipinski definition) is 2. The first-order valence-corrected chi connectivity index (χ1v) is 6.57. The summed E-state index contributed by atoms with van der Waals surface area (Å²) in [5.74, 6) is 1.51. The fourth-order valence-corrected chi connectivity index (χ4v) is 2.12. The Morgan fingerprint density at radius 3 is 2.68 bits per heavy atom. The van der Waals surface area contributed by atoms with Gasteiger partial charge >= 0.3 is 0 Å². The third kappa shape index (κ3) is 3.13. The number of rotatable bonds is 4. The van der Waals surface area contributed by atoms with E-state index in [9.17, 15) is 0 Å². The molecule has 0 aliphatic heterocycles. The van der Waals surface area contributed by atoms with Gasteiger partial charge in [0.05, 0.1) is 6.33 Å². The van der Waals surface area contributed by atoms with Crippen molar-refractivity contribution in [3.63, 3.8) is 0 Å². The summed E-state index contributed by atoms with van der Waals surface area (Å²) in [6.45, 7) is 10.3. The summed E-state index contributed by atoms with van der Waals surface area (Å²) in [5, 5.41) is 3.14. The van der Waals surface area contributed by atoms with E-state index < -0.39 is 0 Å². The van der Waals surface area contributed by atoms with Crippen LogP contribution in [0.25, 0.3) is 11.2 Å². The summed E-state index contributed by atoms with van der Waals surface area (Å²) in [6.07, 6.45) is 1.66. The van der Waals surface area contributed by atoms with Crippen LogP contribution in [0.15, 0.2) is 6.33 Å². The molecule has 2 rings (SSSR count). The van der Waals surface area contributed by atoms with Crippen molar-refractivity contribution in [2.75, 3.05) is 30.4 Å². The molecule has 2 heterocycles. The van der Waals surface area contributed by atoms with Gasteiger partial charge in [0.15, 0.2) is 11.5 Å². The third-order valence-electron chi connectivity index (χ3n) is 2.67. The summed E-state index contributed by atoms with van der Waals surface area (Å²) < 4.78 is 0. The molecule has 2 aromatic rings. The molecule has 2 aromatic heterocycles. The second kappa shape index (κ2) is 5.03. The molecule has 0 aliphatic rings. The van der Waals surface area contributed by atoms with Gasteiger partial charge in [-0.25, -0.2) is 4.98 Å². The smallest absolute Gasteiger partial charge is 0.226 e. The predicted molar refractivity (Wildman–Crippen MR) is 78.6 cm³/mol. The fraction of sp³-hybridized carbons (Fsp3) is 0.615. The van der Waals surface area contributed by atoms with E-state index in [4.69, 9.17) is 0 Å². The minimum atomic E-state index is 0.199. The Morgan fingerprint density at radius 1 is 1.32 bits per heavy atom. The maximum absolute atomic E-state index is 4.58. The number of fused-ring (bicyclic) bond motifs is 1. The van der Waals surface area contributed by atoms with Crippen LogP contribution in [0.3, 0.4) is 0 Å². The maximum Gasteiger partial charge on any atom is 0.226 e. The molecule has 0 aliphatic carbocycles. The number of H-pyrrole nitrogens is 1. The van der Waals surface area contributed by atoms with Gasteiger partial charge in [-0.15, -0.1) is 0 Å². The molecule has 0 amide bonds. The minimum absolute atomic E-state index is 0.199. The van der Waals surface area contributed by atoms with Gasteiger partial charge in [0.1, 0.15) is 5.52 Å². The quantitative estimate of drug-likeness (QED) is 0.884. The molecule has 0 saturated heterocycles. The van der Waals surface area contributed by atoms with E-state index in [-0.39, 0.29) is 5.41 Å². The Kier molecular flexibility index (Phi) is 3.59. The molecule has 0 unspecified atom stereocenters. The zero-order valence-corrected chi connectivity index (χ0v) is 12.3. The standard InChI is InChI=1S/C13H22N6/c1-6-14-12-17-10-9(15-8-16-10)11(18-12)19(5)7-13(2,3)4/h8H,6-7H2,1-5H3,(H2,14,15,16,17,18). The first kappa shape index (κ1) is 13.6. The van der Waals surface area contributed by atoms with Crippen LogP contribution in [0.5, 0.6) is 0 Å². The molecular formula is C13H22N6. The van der Waals surface area contributed by atoms with Crippen molar-refractivity contribution in [1.29, 1.82) is 0 Å². The molecule has 104 valence electrons. The first-order chi connectivity index (χ1) is 8.90. The summed E-state index contributed by atoms with van der Waals surface area (Å²) in [5.41, 5.74) is 1.78. The first-order valence-electron chi connectivity index (χ1n) is 6.57. The molecule has 0 fully saturated rings. The molecular weight excluding hydrogens is 240 g/mol. The third-order valence-corrected chi connectivity index (χ3v) is 2.67. The van der Waals surface area contributed by atoms with Gasteiger partial charge in [0, 0.05) is 20.1 Å². The highest BCUT2D eigenvalue weighted by Crippen LogP contribution is 2.25. The van der Waals surface area contributed by atoms with Gasteiger partial charge in [-0.05, 0) is 12.3 Å². The van der Waals surface area contributed by atoms with Gasteiger partial charge in [0.25, 0.3) is 0 Å². The van der Waals surface area contributed by atoms with Crippen LogP contribution in [0.1, 0.15) is 27.7 Å². The normalized spacial score (nSPS) is 11.8. The number of hydrogen-bond acceptors (Lipinski definition) is 5. The van der Waals surface area contributed by atoms with Crippen LogP contribution in [-0.2, 0) is 0 Å². The minimum Gasteiger partial charge on any atom is -0.357 e. The van der Waals surface area contributed by atoms with Crippen molar-refractivity contribution < 1.29 is 0 Å². The van der Waals surface area contributed by atoms with Crippen molar-refractivity contribution in [2.24, 2.45) is 5.41 Å². The second-order valence-corrected chi connectivity index (χ2v) is 5.92. The van der Waals surface area contributed by atoms with Crippen LogP contribution in [-0.4, -0.2) is 40.1 Å². The molecule has 6 heteroatoms. The van der Waals surface area contributed by atoms with Crippen LogP contribution >= 0.6 is 0 Å². The average molecular weight is 262 g/mol. The summed E-state index contributed by atoms with van der Waals surface area (Å²) >= 11 is 0. The number of nitrogens with one attached hydrogen (secondary N) is 2. The van der Waals surface area contributed by atoms with Crippen molar-refractivity contribution in [3.05, 3.63) is 6.33 Å². The molecule has 0 saturated carbocycles. The number of anilines is 2. The van der Waals surface area contributed by atoms with Crippen LogP contribution in [0.4, 0.5) is 11.8 Å². The lowest BCUT2D eigenvalue weighted by atomic mass is 9.96. The van der Waals surface area contributed by atoms with Crippen LogP contribution < -0.4 is 10.2 Å². The maximum atomic E-state index is 4.58. The van der Waals surface area contributed by atoms with Gasteiger partial charge < -0.3 is 15.2 Å².